The number of carbonyl (C=O) groups excluding carboxylic acids is 1. The van der Waals surface area contributed by atoms with E-state index in [0.29, 0.717) is 30.2 Å². The minimum atomic E-state index is -0.288. The highest BCUT2D eigenvalue weighted by Gasteiger charge is 2.40. The Balaban J connectivity index is 1.25. The molecule has 2 aliphatic heterocycles. The van der Waals surface area contributed by atoms with Crippen molar-refractivity contribution in [3.63, 3.8) is 0 Å². The summed E-state index contributed by atoms with van der Waals surface area (Å²) in [6.07, 6.45) is 0.702. The number of aromatic nitrogens is 1. The number of nitrogens with zero attached hydrogens (tertiary/aromatic N) is 2. The number of rotatable bonds is 5. The van der Waals surface area contributed by atoms with Crippen LogP contribution in [0, 0.1) is 6.92 Å². The zero-order valence-electron chi connectivity index (χ0n) is 18.2. The van der Waals surface area contributed by atoms with Gasteiger partial charge in [0.25, 0.3) is 5.91 Å². The van der Waals surface area contributed by atoms with Crippen LogP contribution in [0.3, 0.4) is 0 Å². The molecule has 2 aromatic heterocycles. The van der Waals surface area contributed by atoms with Crippen molar-refractivity contribution >= 4 is 38.8 Å². The van der Waals surface area contributed by atoms with Gasteiger partial charge < -0.3 is 31.2 Å². The Morgan fingerprint density at radius 2 is 2.19 bits per heavy atom. The van der Waals surface area contributed by atoms with E-state index in [4.69, 9.17) is 20.9 Å². The lowest BCUT2D eigenvalue weighted by atomic mass is 9.91. The summed E-state index contributed by atoms with van der Waals surface area (Å²) >= 11 is 1.32. The van der Waals surface area contributed by atoms with E-state index in [9.17, 15) is 4.79 Å². The number of pyridine rings is 1. The van der Waals surface area contributed by atoms with Crippen molar-refractivity contribution in [1.29, 1.82) is 0 Å². The fourth-order valence-electron chi connectivity index (χ4n) is 4.43. The largest absolute Gasteiger partial charge is 0.491 e. The predicted molar refractivity (Wildman–Crippen MR) is 127 cm³/mol. The number of ether oxygens (including phenoxy) is 2. The van der Waals surface area contributed by atoms with Crippen LogP contribution in [0.2, 0.25) is 0 Å². The number of benzene rings is 1. The summed E-state index contributed by atoms with van der Waals surface area (Å²) in [7, 11) is 1.67. The van der Waals surface area contributed by atoms with Gasteiger partial charge in [-0.3, -0.25) is 4.79 Å². The average Bonchev–Trinajstić information content (AvgIpc) is 3.07. The fourth-order valence-corrected chi connectivity index (χ4v) is 5.48. The number of nitrogen functional groups attached to an aromatic ring is 1. The third-order valence-corrected chi connectivity index (χ3v) is 7.15. The fraction of sp³-hybridized carbons (Fsp3) is 0.391. The van der Waals surface area contributed by atoms with E-state index in [2.05, 4.69) is 33.4 Å². The highest BCUT2D eigenvalue weighted by Crippen LogP contribution is 2.35. The molecule has 1 saturated heterocycles. The molecule has 1 atom stereocenters. The SMILES string of the molecule is COCC1(N)CN(c2ccc3c(c2)OC[C@H](NC(=O)c2sc4nc(C)ccc4c2N)C3)C1. The molecule has 1 aromatic carbocycles. The third-order valence-electron chi connectivity index (χ3n) is 6.04. The van der Waals surface area contributed by atoms with Crippen LogP contribution in [0.5, 0.6) is 5.75 Å². The molecule has 0 bridgehead atoms. The number of carbonyl (C=O) groups is 1. The number of hydrogen-bond donors (Lipinski definition) is 3. The minimum Gasteiger partial charge on any atom is -0.491 e. The van der Waals surface area contributed by atoms with E-state index in [0.717, 1.165) is 46.0 Å². The van der Waals surface area contributed by atoms with Crippen LogP contribution in [0.15, 0.2) is 30.3 Å². The zero-order chi connectivity index (χ0) is 22.5. The minimum absolute atomic E-state index is 0.123. The van der Waals surface area contributed by atoms with E-state index in [1.165, 1.54) is 11.3 Å². The smallest absolute Gasteiger partial charge is 0.263 e. The van der Waals surface area contributed by atoms with Gasteiger partial charge in [0.05, 0.1) is 23.9 Å². The second-order valence-electron chi connectivity index (χ2n) is 8.78. The molecule has 0 unspecified atom stereocenters. The monoisotopic (exact) mass is 453 g/mol. The van der Waals surface area contributed by atoms with E-state index >= 15 is 0 Å². The molecule has 0 aliphatic carbocycles. The predicted octanol–water partition coefficient (Wildman–Crippen LogP) is 2.08. The molecule has 0 saturated carbocycles. The van der Waals surface area contributed by atoms with Crippen molar-refractivity contribution in [3.05, 3.63) is 46.5 Å². The molecule has 2 aliphatic rings. The number of fused-ring (bicyclic) bond motifs is 2. The van der Waals surface area contributed by atoms with Crippen molar-refractivity contribution in [2.75, 3.05) is 44.0 Å². The number of amides is 1. The van der Waals surface area contributed by atoms with Crippen molar-refractivity contribution in [2.24, 2.45) is 5.73 Å². The summed E-state index contributed by atoms with van der Waals surface area (Å²) in [5.74, 6) is 0.671. The van der Waals surface area contributed by atoms with Crippen LogP contribution >= 0.6 is 11.3 Å². The molecular weight excluding hydrogens is 426 g/mol. The summed E-state index contributed by atoms with van der Waals surface area (Å²) < 4.78 is 11.2. The molecule has 0 radical (unpaired) electrons. The normalized spacial score (nSPS) is 19.2. The maximum Gasteiger partial charge on any atom is 0.263 e. The second-order valence-corrected chi connectivity index (χ2v) is 9.78. The Morgan fingerprint density at radius 3 is 2.97 bits per heavy atom. The molecule has 0 spiro atoms. The molecule has 9 heteroatoms. The lowest BCUT2D eigenvalue weighted by molar-refractivity contribution is 0.0920. The van der Waals surface area contributed by atoms with Crippen LogP contribution in [0.4, 0.5) is 11.4 Å². The molecule has 5 rings (SSSR count). The zero-order valence-corrected chi connectivity index (χ0v) is 19.0. The number of nitrogens with one attached hydrogen (secondary N) is 1. The number of thiophene rings is 1. The second kappa shape index (κ2) is 7.91. The van der Waals surface area contributed by atoms with Crippen molar-refractivity contribution < 1.29 is 14.3 Å². The van der Waals surface area contributed by atoms with Crippen LogP contribution in [-0.4, -0.2) is 55.9 Å². The van der Waals surface area contributed by atoms with E-state index < -0.39 is 0 Å². The highest BCUT2D eigenvalue weighted by atomic mass is 32.1. The lowest BCUT2D eigenvalue weighted by Crippen LogP contribution is -2.69. The van der Waals surface area contributed by atoms with Crippen LogP contribution < -0.4 is 26.4 Å². The first kappa shape index (κ1) is 21.0. The van der Waals surface area contributed by atoms with Gasteiger partial charge in [-0.25, -0.2) is 4.98 Å². The topological polar surface area (TPSA) is 116 Å². The van der Waals surface area contributed by atoms with Crippen LogP contribution in [0.1, 0.15) is 20.9 Å². The Bertz CT molecular complexity index is 1190. The average molecular weight is 454 g/mol. The maximum absolute atomic E-state index is 12.9. The summed E-state index contributed by atoms with van der Waals surface area (Å²) in [5.41, 5.74) is 15.8. The Labute approximate surface area is 190 Å². The van der Waals surface area contributed by atoms with Gasteiger partial charge in [-0.05, 0) is 37.1 Å². The van der Waals surface area contributed by atoms with Gasteiger partial charge >= 0.3 is 0 Å². The van der Waals surface area contributed by atoms with Crippen LogP contribution in [-0.2, 0) is 11.2 Å². The van der Waals surface area contributed by atoms with E-state index in [1.54, 1.807) is 7.11 Å². The van der Waals surface area contributed by atoms with Gasteiger partial charge in [-0.15, -0.1) is 11.3 Å². The number of aryl methyl sites for hydroxylation is 1. The first-order valence-electron chi connectivity index (χ1n) is 10.6. The molecule has 3 aromatic rings. The maximum atomic E-state index is 12.9. The Kier molecular flexibility index (Phi) is 5.19. The van der Waals surface area contributed by atoms with E-state index in [1.807, 2.05) is 19.1 Å². The van der Waals surface area contributed by atoms with Crippen LogP contribution in [0.25, 0.3) is 10.2 Å². The molecule has 8 nitrogen and oxygen atoms in total. The summed E-state index contributed by atoms with van der Waals surface area (Å²) in [4.78, 5) is 20.9. The number of anilines is 2. The van der Waals surface area contributed by atoms with E-state index in [-0.39, 0.29) is 17.5 Å². The quantitative estimate of drug-likeness (QED) is 0.542. The summed E-state index contributed by atoms with van der Waals surface area (Å²) in [5, 5.41) is 3.90. The molecule has 4 heterocycles. The molecule has 1 amide bonds. The molecule has 168 valence electrons. The number of methoxy groups -OCH3 is 1. The number of nitrogens with two attached hydrogens (primary N) is 2. The Morgan fingerprint density at radius 1 is 1.38 bits per heavy atom. The van der Waals surface area contributed by atoms with Gasteiger partial charge in [0.2, 0.25) is 0 Å². The van der Waals surface area contributed by atoms with Gasteiger partial charge in [0.15, 0.2) is 0 Å². The first-order valence-corrected chi connectivity index (χ1v) is 11.4. The molecular formula is C23H27N5O3S. The molecule has 5 N–H and O–H groups in total. The van der Waals surface area contributed by atoms with Gasteiger partial charge in [0, 0.05) is 43.0 Å². The number of hydrogen-bond acceptors (Lipinski definition) is 8. The summed E-state index contributed by atoms with van der Waals surface area (Å²) in [6.45, 7) is 4.39. The standard InChI is InChI=1S/C23H27N5O3S/c1-13-3-6-17-19(24)20(32-22(17)26-13)21(29)27-15-7-14-4-5-16(8-18(14)31-9-15)28-10-23(25,11-28)12-30-2/h3-6,8,15H,7,9-12,24-25H2,1-2H3,(H,27,29)/t15-/m1/s1. The van der Waals surface area contributed by atoms with Crippen molar-refractivity contribution in [2.45, 2.75) is 24.9 Å². The Hall–Kier alpha value is -2.88. The molecule has 32 heavy (non-hydrogen) atoms. The lowest BCUT2D eigenvalue weighted by Gasteiger charge is -2.48. The van der Waals surface area contributed by atoms with Crippen molar-refractivity contribution in [1.82, 2.24) is 10.3 Å². The highest BCUT2D eigenvalue weighted by molar-refractivity contribution is 7.21. The third kappa shape index (κ3) is 3.76. The van der Waals surface area contributed by atoms with Gasteiger partial charge in [-0.2, -0.15) is 0 Å². The molecule has 1 fully saturated rings. The van der Waals surface area contributed by atoms with Crippen molar-refractivity contribution in [3.8, 4) is 5.75 Å². The van der Waals surface area contributed by atoms with Gasteiger partial charge in [0.1, 0.15) is 22.1 Å². The van der Waals surface area contributed by atoms with Gasteiger partial charge in [-0.1, -0.05) is 6.07 Å². The first-order chi connectivity index (χ1) is 15.3. The summed E-state index contributed by atoms with van der Waals surface area (Å²) in [6, 6.07) is 9.89.